The summed E-state index contributed by atoms with van der Waals surface area (Å²) in [6.45, 7) is 11.3. The molecule has 1 aromatic rings. The van der Waals surface area contributed by atoms with Gasteiger partial charge in [-0.05, 0) is 38.6 Å². The van der Waals surface area contributed by atoms with Crippen molar-refractivity contribution >= 4 is 0 Å². The Kier molecular flexibility index (Phi) is 3.73. The predicted molar refractivity (Wildman–Crippen MR) is 69.7 cm³/mol. The van der Waals surface area contributed by atoms with Gasteiger partial charge in [0.1, 0.15) is 0 Å². The fourth-order valence-corrected chi connectivity index (χ4v) is 2.32. The van der Waals surface area contributed by atoms with Crippen LogP contribution < -0.4 is 5.73 Å². The minimum atomic E-state index is -0.534. The quantitative estimate of drug-likeness (QED) is 0.884. The van der Waals surface area contributed by atoms with Crippen molar-refractivity contribution in [3.8, 4) is 0 Å². The van der Waals surface area contributed by atoms with Gasteiger partial charge in [0.25, 0.3) is 0 Å². The van der Waals surface area contributed by atoms with Crippen LogP contribution in [-0.4, -0.2) is 28.1 Å². The zero-order valence-electron chi connectivity index (χ0n) is 11.8. The third-order valence-corrected chi connectivity index (χ3v) is 3.65. The Balaban J connectivity index is 1.93. The van der Waals surface area contributed by atoms with E-state index in [1.807, 2.05) is 13.8 Å². The lowest BCUT2D eigenvalue weighted by Gasteiger charge is -2.15. The van der Waals surface area contributed by atoms with Crippen LogP contribution in [0.2, 0.25) is 0 Å². The van der Waals surface area contributed by atoms with Crippen molar-refractivity contribution in [3.05, 3.63) is 11.7 Å². The van der Waals surface area contributed by atoms with Crippen molar-refractivity contribution in [2.75, 3.05) is 13.1 Å². The smallest absolute Gasteiger partial charge is 0.240 e. The van der Waals surface area contributed by atoms with Crippen molar-refractivity contribution < 1.29 is 4.52 Å². The third-order valence-electron chi connectivity index (χ3n) is 3.65. The SMILES string of the molecule is CC(C)C1CCN(Cc2nc(C(C)(C)N)no2)C1. The molecular weight excluding hydrogens is 228 g/mol. The van der Waals surface area contributed by atoms with Gasteiger partial charge in [0.2, 0.25) is 5.89 Å². The van der Waals surface area contributed by atoms with E-state index in [1.54, 1.807) is 0 Å². The third kappa shape index (κ3) is 3.09. The summed E-state index contributed by atoms with van der Waals surface area (Å²) in [5.74, 6) is 2.79. The van der Waals surface area contributed by atoms with Crippen molar-refractivity contribution in [3.63, 3.8) is 0 Å². The van der Waals surface area contributed by atoms with E-state index in [4.69, 9.17) is 10.3 Å². The van der Waals surface area contributed by atoms with Gasteiger partial charge in [0.05, 0.1) is 12.1 Å². The second kappa shape index (κ2) is 4.97. The van der Waals surface area contributed by atoms with Gasteiger partial charge in [0, 0.05) is 6.54 Å². The zero-order valence-corrected chi connectivity index (χ0v) is 11.8. The standard InChI is InChI=1S/C13H24N4O/c1-9(2)10-5-6-17(7-10)8-11-15-12(16-18-11)13(3,4)14/h9-10H,5-8,14H2,1-4H3. The number of aromatic nitrogens is 2. The molecule has 2 heterocycles. The highest BCUT2D eigenvalue weighted by molar-refractivity contribution is 4.99. The van der Waals surface area contributed by atoms with Gasteiger partial charge in [-0.1, -0.05) is 19.0 Å². The molecule has 0 bridgehead atoms. The highest BCUT2D eigenvalue weighted by atomic mass is 16.5. The number of nitrogens with two attached hydrogens (primary N) is 1. The Morgan fingerprint density at radius 3 is 2.72 bits per heavy atom. The average Bonchev–Trinajstić information content (AvgIpc) is 2.85. The highest BCUT2D eigenvalue weighted by Crippen LogP contribution is 2.24. The van der Waals surface area contributed by atoms with Crippen LogP contribution in [0.5, 0.6) is 0 Å². The first kappa shape index (κ1) is 13.5. The van der Waals surface area contributed by atoms with E-state index in [-0.39, 0.29) is 0 Å². The minimum absolute atomic E-state index is 0.534. The summed E-state index contributed by atoms with van der Waals surface area (Å²) in [7, 11) is 0. The summed E-state index contributed by atoms with van der Waals surface area (Å²) in [6.07, 6.45) is 1.26. The summed E-state index contributed by atoms with van der Waals surface area (Å²) in [4.78, 5) is 6.75. The van der Waals surface area contributed by atoms with E-state index >= 15 is 0 Å². The molecule has 1 aliphatic heterocycles. The van der Waals surface area contributed by atoms with Gasteiger partial charge in [-0.3, -0.25) is 4.90 Å². The molecule has 0 amide bonds. The predicted octanol–water partition coefficient (Wildman–Crippen LogP) is 1.74. The van der Waals surface area contributed by atoms with E-state index in [0.717, 1.165) is 31.5 Å². The highest BCUT2D eigenvalue weighted by Gasteiger charge is 2.27. The van der Waals surface area contributed by atoms with Crippen LogP contribution in [0.1, 0.15) is 45.8 Å². The maximum atomic E-state index is 5.94. The first-order valence-corrected chi connectivity index (χ1v) is 6.70. The Labute approximate surface area is 109 Å². The van der Waals surface area contributed by atoms with Gasteiger partial charge in [-0.2, -0.15) is 4.98 Å². The van der Waals surface area contributed by atoms with Crippen LogP contribution >= 0.6 is 0 Å². The van der Waals surface area contributed by atoms with Crippen LogP contribution in [0.25, 0.3) is 0 Å². The Morgan fingerprint density at radius 1 is 1.50 bits per heavy atom. The number of rotatable bonds is 4. The first-order chi connectivity index (χ1) is 8.36. The first-order valence-electron chi connectivity index (χ1n) is 6.70. The lowest BCUT2D eigenvalue weighted by molar-refractivity contribution is 0.250. The van der Waals surface area contributed by atoms with Gasteiger partial charge in [0.15, 0.2) is 5.82 Å². The molecule has 0 aromatic carbocycles. The summed E-state index contributed by atoms with van der Waals surface area (Å²) in [5, 5.41) is 3.95. The lowest BCUT2D eigenvalue weighted by atomic mass is 9.95. The zero-order chi connectivity index (χ0) is 13.3. The number of hydrogen-bond donors (Lipinski definition) is 1. The fraction of sp³-hybridized carbons (Fsp3) is 0.846. The largest absolute Gasteiger partial charge is 0.338 e. The van der Waals surface area contributed by atoms with Crippen LogP contribution in [0.15, 0.2) is 4.52 Å². The van der Waals surface area contributed by atoms with Crippen LogP contribution in [-0.2, 0) is 12.1 Å². The molecule has 1 aliphatic rings. The topological polar surface area (TPSA) is 68.2 Å². The number of hydrogen-bond acceptors (Lipinski definition) is 5. The molecule has 1 saturated heterocycles. The molecule has 1 atom stereocenters. The molecule has 0 radical (unpaired) electrons. The minimum Gasteiger partial charge on any atom is -0.338 e. The fourth-order valence-electron chi connectivity index (χ4n) is 2.32. The monoisotopic (exact) mass is 252 g/mol. The molecule has 1 aromatic heterocycles. The van der Waals surface area contributed by atoms with E-state index in [0.29, 0.717) is 11.7 Å². The molecule has 0 aliphatic carbocycles. The molecule has 0 saturated carbocycles. The van der Waals surface area contributed by atoms with Gasteiger partial charge >= 0.3 is 0 Å². The molecule has 18 heavy (non-hydrogen) atoms. The van der Waals surface area contributed by atoms with Gasteiger partial charge in [-0.15, -0.1) is 0 Å². The van der Waals surface area contributed by atoms with Crippen molar-refractivity contribution in [2.24, 2.45) is 17.6 Å². The summed E-state index contributed by atoms with van der Waals surface area (Å²) >= 11 is 0. The molecular formula is C13H24N4O. The second-order valence-electron chi connectivity index (χ2n) is 6.26. The van der Waals surface area contributed by atoms with Crippen molar-refractivity contribution in [2.45, 2.75) is 46.2 Å². The Morgan fingerprint density at radius 2 is 2.22 bits per heavy atom. The van der Waals surface area contributed by atoms with Crippen molar-refractivity contribution in [1.29, 1.82) is 0 Å². The average molecular weight is 252 g/mol. The van der Waals surface area contributed by atoms with Crippen molar-refractivity contribution in [1.82, 2.24) is 15.0 Å². The second-order valence-corrected chi connectivity index (χ2v) is 6.26. The lowest BCUT2D eigenvalue weighted by Crippen LogP contribution is -2.30. The molecule has 5 nitrogen and oxygen atoms in total. The van der Waals surface area contributed by atoms with Crippen LogP contribution in [0, 0.1) is 11.8 Å². The molecule has 102 valence electrons. The summed E-state index contributed by atoms with van der Waals surface area (Å²) < 4.78 is 5.27. The van der Waals surface area contributed by atoms with E-state index < -0.39 is 5.54 Å². The van der Waals surface area contributed by atoms with Gasteiger partial charge < -0.3 is 10.3 Å². The molecule has 2 rings (SSSR count). The maximum absolute atomic E-state index is 5.94. The van der Waals surface area contributed by atoms with Crippen LogP contribution in [0.4, 0.5) is 0 Å². The Bertz CT molecular complexity index is 394. The molecule has 0 spiro atoms. The molecule has 1 fully saturated rings. The summed E-state index contributed by atoms with van der Waals surface area (Å²) in [6, 6.07) is 0. The van der Waals surface area contributed by atoms with E-state index in [2.05, 4.69) is 28.9 Å². The van der Waals surface area contributed by atoms with Crippen LogP contribution in [0.3, 0.4) is 0 Å². The normalized spacial score (nSPS) is 22.0. The number of nitrogens with zero attached hydrogens (tertiary/aromatic N) is 3. The van der Waals surface area contributed by atoms with Gasteiger partial charge in [-0.25, -0.2) is 0 Å². The maximum Gasteiger partial charge on any atom is 0.240 e. The summed E-state index contributed by atoms with van der Waals surface area (Å²) in [5.41, 5.74) is 5.41. The number of likely N-dealkylation sites (tertiary alicyclic amines) is 1. The van der Waals surface area contributed by atoms with E-state index in [1.165, 1.54) is 6.42 Å². The molecule has 2 N–H and O–H groups in total. The molecule has 1 unspecified atom stereocenters. The molecule has 5 heteroatoms. The van der Waals surface area contributed by atoms with E-state index in [9.17, 15) is 0 Å². The Hall–Kier alpha value is -0.940.